The fraction of sp³-hybridized carbons (Fsp3) is 0.792. The molecule has 0 aromatic carbocycles. The van der Waals surface area contributed by atoms with E-state index in [9.17, 15) is 15.0 Å². The predicted octanol–water partition coefficient (Wildman–Crippen LogP) is 2.45. The van der Waals surface area contributed by atoms with E-state index in [1.165, 1.54) is 11.1 Å². The number of aliphatic hydroxyl groups excluding tert-OH is 2. The van der Waals surface area contributed by atoms with Gasteiger partial charge in [0.25, 0.3) is 0 Å². The van der Waals surface area contributed by atoms with Crippen LogP contribution in [0.3, 0.4) is 0 Å². The maximum atomic E-state index is 12.0. The second-order valence-electron chi connectivity index (χ2n) is 10.0. The van der Waals surface area contributed by atoms with Gasteiger partial charge in [0.15, 0.2) is 0 Å². The minimum Gasteiger partial charge on any atom is -0.458 e. The molecule has 6 nitrogen and oxygen atoms in total. The number of cyclic esters (lactones) is 1. The van der Waals surface area contributed by atoms with Gasteiger partial charge >= 0.3 is 5.97 Å². The number of ether oxygens (including phenoxy) is 2. The number of esters is 1. The van der Waals surface area contributed by atoms with E-state index in [1.807, 2.05) is 6.08 Å². The molecule has 0 amide bonds. The molecule has 0 radical (unpaired) electrons. The number of allylic oxidation sites excluding steroid dienone is 1. The molecule has 2 aliphatic heterocycles. The Bertz CT molecular complexity index is 725. The summed E-state index contributed by atoms with van der Waals surface area (Å²) in [5.74, 6) is 0.0637. The van der Waals surface area contributed by atoms with Crippen LogP contribution in [0.1, 0.15) is 52.4 Å². The van der Waals surface area contributed by atoms with Gasteiger partial charge in [-0.3, -0.25) is 4.90 Å². The topological polar surface area (TPSA) is 79.2 Å². The third kappa shape index (κ3) is 3.88. The highest BCUT2D eigenvalue weighted by Gasteiger charge is 2.55. The van der Waals surface area contributed by atoms with E-state index in [4.69, 9.17) is 9.47 Å². The van der Waals surface area contributed by atoms with Crippen LogP contribution >= 0.6 is 0 Å². The summed E-state index contributed by atoms with van der Waals surface area (Å²) in [4.78, 5) is 14.5. The zero-order valence-electron chi connectivity index (χ0n) is 18.5. The number of carbonyl (C=O) groups is 1. The molecular formula is C24H37NO5. The summed E-state index contributed by atoms with van der Waals surface area (Å²) in [6.45, 7) is 9.26. The van der Waals surface area contributed by atoms with Gasteiger partial charge in [-0.1, -0.05) is 25.0 Å². The smallest absolute Gasteiger partial charge is 0.334 e. The molecule has 0 unspecified atom stereocenters. The van der Waals surface area contributed by atoms with Gasteiger partial charge in [0.1, 0.15) is 6.61 Å². The van der Waals surface area contributed by atoms with Gasteiger partial charge in [-0.2, -0.15) is 0 Å². The first-order valence-corrected chi connectivity index (χ1v) is 11.5. The van der Waals surface area contributed by atoms with E-state index >= 15 is 0 Å². The number of hydrogen-bond acceptors (Lipinski definition) is 6. The molecule has 2 N–H and O–H groups in total. The van der Waals surface area contributed by atoms with Crippen LogP contribution in [0.5, 0.6) is 0 Å². The zero-order valence-corrected chi connectivity index (χ0v) is 18.5. The van der Waals surface area contributed by atoms with Crippen molar-refractivity contribution in [3.05, 3.63) is 22.8 Å². The van der Waals surface area contributed by atoms with Crippen LogP contribution < -0.4 is 0 Å². The minimum absolute atomic E-state index is 0.0119. The van der Waals surface area contributed by atoms with Crippen molar-refractivity contribution in [2.75, 3.05) is 46.1 Å². The summed E-state index contributed by atoms with van der Waals surface area (Å²) >= 11 is 0. The zero-order chi connectivity index (χ0) is 21.4. The maximum absolute atomic E-state index is 12.0. The summed E-state index contributed by atoms with van der Waals surface area (Å²) < 4.78 is 10.6. The molecule has 0 aromatic heterocycles. The lowest BCUT2D eigenvalue weighted by molar-refractivity contribution is -0.136. The summed E-state index contributed by atoms with van der Waals surface area (Å²) in [7, 11) is 0. The van der Waals surface area contributed by atoms with Gasteiger partial charge in [0.05, 0.1) is 25.9 Å². The third-order valence-electron chi connectivity index (χ3n) is 8.42. The van der Waals surface area contributed by atoms with Crippen LogP contribution in [0.25, 0.3) is 0 Å². The van der Waals surface area contributed by atoms with Gasteiger partial charge in [0, 0.05) is 30.6 Å². The van der Waals surface area contributed by atoms with Crippen molar-refractivity contribution in [2.45, 2.75) is 58.5 Å². The van der Waals surface area contributed by atoms with Gasteiger partial charge < -0.3 is 19.7 Å². The van der Waals surface area contributed by atoms with Crippen molar-refractivity contribution in [1.29, 1.82) is 0 Å². The van der Waals surface area contributed by atoms with Crippen molar-refractivity contribution in [1.82, 2.24) is 4.90 Å². The van der Waals surface area contributed by atoms with E-state index in [0.29, 0.717) is 19.4 Å². The quantitative estimate of drug-likeness (QED) is 0.509. The first-order valence-electron chi connectivity index (χ1n) is 11.5. The van der Waals surface area contributed by atoms with Crippen molar-refractivity contribution < 1.29 is 24.5 Å². The Labute approximate surface area is 179 Å². The molecule has 168 valence electrons. The van der Waals surface area contributed by atoms with Crippen LogP contribution in [-0.2, 0) is 14.3 Å². The Morgan fingerprint density at radius 3 is 2.63 bits per heavy atom. The molecule has 4 rings (SSSR count). The molecule has 4 atom stereocenters. The normalized spacial score (nSPS) is 37.7. The summed E-state index contributed by atoms with van der Waals surface area (Å²) in [5.41, 5.74) is 3.21. The molecule has 2 heterocycles. The Morgan fingerprint density at radius 1 is 1.20 bits per heavy atom. The summed E-state index contributed by atoms with van der Waals surface area (Å²) in [6, 6.07) is 0. The largest absolute Gasteiger partial charge is 0.458 e. The summed E-state index contributed by atoms with van der Waals surface area (Å²) in [5, 5.41) is 21.0. The van der Waals surface area contributed by atoms with Gasteiger partial charge in [0.2, 0.25) is 0 Å². The molecule has 30 heavy (non-hydrogen) atoms. The molecule has 1 saturated carbocycles. The maximum Gasteiger partial charge on any atom is 0.334 e. The van der Waals surface area contributed by atoms with Crippen molar-refractivity contribution >= 4 is 5.97 Å². The van der Waals surface area contributed by atoms with Crippen molar-refractivity contribution in [3.8, 4) is 0 Å². The van der Waals surface area contributed by atoms with Crippen molar-refractivity contribution in [3.63, 3.8) is 0 Å². The van der Waals surface area contributed by atoms with E-state index in [-0.39, 0.29) is 23.9 Å². The Morgan fingerprint density at radius 2 is 1.97 bits per heavy atom. The van der Waals surface area contributed by atoms with Crippen molar-refractivity contribution in [2.24, 2.45) is 16.7 Å². The Kier molecular flexibility index (Phi) is 6.40. The predicted molar refractivity (Wildman–Crippen MR) is 114 cm³/mol. The Balaban J connectivity index is 1.64. The van der Waals surface area contributed by atoms with Crippen LogP contribution in [-0.4, -0.2) is 73.2 Å². The average molecular weight is 420 g/mol. The molecule has 2 fully saturated rings. The van der Waals surface area contributed by atoms with E-state index in [1.54, 1.807) is 0 Å². The van der Waals surface area contributed by atoms with E-state index < -0.39 is 11.5 Å². The van der Waals surface area contributed by atoms with E-state index in [0.717, 1.165) is 64.1 Å². The van der Waals surface area contributed by atoms with Crippen LogP contribution in [0.15, 0.2) is 22.8 Å². The molecular weight excluding hydrogens is 382 g/mol. The lowest BCUT2D eigenvalue weighted by atomic mass is 9.48. The molecule has 2 aliphatic carbocycles. The number of rotatable bonds is 6. The molecule has 0 bridgehead atoms. The standard InChI is InChI=1S/C24H37NO5/c1-23-9-7-21(27)24(2,16-26)20(23)6-4-18(15-25-10-13-29-14-11-25)19(23)5-3-17-8-12-30-22(17)28/h8,20-21,26-27H,3-7,9-16H2,1-2H3/t20-,21+,23-,24-/m0/s1. The molecule has 4 aliphatic rings. The highest BCUT2D eigenvalue weighted by molar-refractivity contribution is 5.90. The molecule has 6 heteroatoms. The monoisotopic (exact) mass is 419 g/mol. The van der Waals surface area contributed by atoms with Crippen LogP contribution in [0.4, 0.5) is 0 Å². The highest BCUT2D eigenvalue weighted by atomic mass is 16.5. The van der Waals surface area contributed by atoms with Crippen LogP contribution in [0, 0.1) is 16.7 Å². The van der Waals surface area contributed by atoms with Gasteiger partial charge in [-0.05, 0) is 55.9 Å². The first kappa shape index (κ1) is 22.0. The molecule has 0 aromatic rings. The van der Waals surface area contributed by atoms with E-state index in [2.05, 4.69) is 18.7 Å². The van der Waals surface area contributed by atoms with Gasteiger partial charge in [-0.15, -0.1) is 0 Å². The number of carbonyl (C=O) groups excluding carboxylic acids is 1. The highest BCUT2D eigenvalue weighted by Crippen LogP contribution is 2.60. The number of aliphatic hydroxyl groups is 2. The number of fused-ring (bicyclic) bond motifs is 1. The Hall–Kier alpha value is -1.21. The first-order chi connectivity index (χ1) is 14.4. The number of hydrogen-bond donors (Lipinski definition) is 2. The van der Waals surface area contributed by atoms with Crippen LogP contribution in [0.2, 0.25) is 0 Å². The second kappa shape index (κ2) is 8.73. The lowest BCUT2D eigenvalue weighted by Gasteiger charge is -2.58. The lowest BCUT2D eigenvalue weighted by Crippen LogP contribution is -2.55. The van der Waals surface area contributed by atoms with Gasteiger partial charge in [-0.25, -0.2) is 4.79 Å². The third-order valence-corrected chi connectivity index (χ3v) is 8.42. The number of morpholine rings is 1. The molecule has 0 spiro atoms. The summed E-state index contributed by atoms with van der Waals surface area (Å²) in [6.07, 6.45) is 6.65. The SMILES string of the molecule is C[C@@]1(CO)[C@H](O)CC[C@@]2(C)C(CCC3=CCOC3=O)=C(CN3CCOCC3)CC[C@H]12. The fourth-order valence-electron chi connectivity index (χ4n) is 6.52. The minimum atomic E-state index is -0.478. The average Bonchev–Trinajstić information content (AvgIpc) is 3.16. The number of nitrogens with zero attached hydrogens (tertiary/aromatic N) is 1. The second-order valence-corrected chi connectivity index (χ2v) is 10.0. The fourth-order valence-corrected chi connectivity index (χ4v) is 6.52. The molecule has 1 saturated heterocycles.